The topological polar surface area (TPSA) is 467 Å². The zero-order valence-electron chi connectivity index (χ0n) is 81.2. The van der Waals surface area contributed by atoms with Crippen molar-refractivity contribution in [2.75, 3.05) is 26.4 Å². The number of esters is 4. The SMILES string of the molecule is CCCCCCCCCCCCCC(=O)O[C@H](CCCCCCCCCCC)CC(=O)OC1C(NC(=O)C[C@@H](CCCCCCCCCCC)OC(=O)CCCCCCCCCCC)[C@H](OCC2O[C@H](OP(=O)(O)O)C(NC(=O)C[C@H](O)CCCCCCCCCCC)C(OC(=O)C[C@H](O)CCCCCCCCCCC)[C@@H]2O)O[C@H](CO)[C@H]1OP(=O)(O)OP(=O)(O)OCCN. The van der Waals surface area contributed by atoms with Gasteiger partial charge in [0, 0.05) is 19.4 Å². The number of aliphatic hydroxyl groups is 4. The first kappa shape index (κ1) is 123. The average Bonchev–Trinajstić information content (AvgIpc) is 0.773. The van der Waals surface area contributed by atoms with Crippen molar-refractivity contribution in [1.29, 1.82) is 0 Å². The molecule has 130 heavy (non-hydrogen) atoms. The smallest absolute Gasteiger partial charge is 0.462 e. The van der Waals surface area contributed by atoms with Crippen LogP contribution >= 0.6 is 23.5 Å². The summed E-state index contributed by atoms with van der Waals surface area (Å²) in [4.78, 5) is 131. The van der Waals surface area contributed by atoms with E-state index < -0.39 is 190 Å². The summed E-state index contributed by atoms with van der Waals surface area (Å²) in [5, 5.41) is 51.9. The van der Waals surface area contributed by atoms with E-state index in [0.29, 0.717) is 44.9 Å². The molecule has 12 N–H and O–H groups in total. The van der Waals surface area contributed by atoms with E-state index in [1.807, 2.05) is 0 Å². The van der Waals surface area contributed by atoms with Crippen molar-refractivity contribution in [3.05, 3.63) is 0 Å². The Hall–Kier alpha value is -3.13. The van der Waals surface area contributed by atoms with Crippen molar-refractivity contribution >= 4 is 59.2 Å². The molecule has 766 valence electrons. The van der Waals surface area contributed by atoms with Crippen molar-refractivity contribution in [2.45, 2.75) is 551 Å². The van der Waals surface area contributed by atoms with Crippen LogP contribution in [0.4, 0.5) is 0 Å². The maximum absolute atomic E-state index is 15.4. The van der Waals surface area contributed by atoms with Gasteiger partial charge in [0.05, 0.1) is 57.7 Å². The quantitative estimate of drug-likeness (QED) is 0.0117. The molecule has 2 saturated heterocycles. The molecule has 2 rings (SSSR count). The molecule has 0 spiro atoms. The van der Waals surface area contributed by atoms with Gasteiger partial charge in [0.1, 0.15) is 48.7 Å². The van der Waals surface area contributed by atoms with Crippen LogP contribution in [0.25, 0.3) is 0 Å². The van der Waals surface area contributed by atoms with Crippen LogP contribution in [0.15, 0.2) is 0 Å². The highest BCUT2D eigenvalue weighted by atomic mass is 31.3. The maximum atomic E-state index is 15.4. The molecule has 0 bridgehead atoms. The van der Waals surface area contributed by atoms with Gasteiger partial charge in [-0.2, -0.15) is 4.31 Å². The number of nitrogens with two attached hydrogens (primary N) is 1. The largest absolute Gasteiger partial charge is 0.481 e. The summed E-state index contributed by atoms with van der Waals surface area (Å²) in [7, 11) is -17.4. The van der Waals surface area contributed by atoms with E-state index in [1.54, 1.807) is 0 Å². The highest BCUT2D eigenvalue weighted by Gasteiger charge is 2.56. The van der Waals surface area contributed by atoms with Gasteiger partial charge < -0.3 is 89.5 Å². The first-order chi connectivity index (χ1) is 62.6. The molecule has 2 aliphatic heterocycles. The minimum atomic E-state index is -6.05. The van der Waals surface area contributed by atoms with Gasteiger partial charge in [0.15, 0.2) is 24.8 Å². The summed E-state index contributed by atoms with van der Waals surface area (Å²) in [6.07, 6.45) is 30.9. The Balaban J connectivity index is 3.00. The predicted molar refractivity (Wildman–Crippen MR) is 504 cm³/mol. The van der Waals surface area contributed by atoms with Gasteiger partial charge in [-0.3, -0.25) is 42.3 Å². The van der Waals surface area contributed by atoms with Gasteiger partial charge in [-0.1, -0.05) is 375 Å². The first-order valence-corrected chi connectivity index (χ1v) is 56.2. The number of nitrogens with one attached hydrogen (secondary N) is 2. The lowest BCUT2D eigenvalue weighted by Crippen LogP contribution is -2.68. The highest BCUT2D eigenvalue weighted by Crippen LogP contribution is 2.61. The van der Waals surface area contributed by atoms with Crippen molar-refractivity contribution < 1.29 is 134 Å². The summed E-state index contributed by atoms with van der Waals surface area (Å²) in [5.41, 5.74) is 5.54. The second kappa shape index (κ2) is 78.7. The number of aliphatic hydroxyl groups excluding tert-OH is 4. The number of unbranched alkanes of at least 4 members (excludes halogenated alkanes) is 50. The monoisotopic (exact) mass is 1920 g/mol. The molecule has 0 aromatic heterocycles. The lowest BCUT2D eigenvalue weighted by atomic mass is 9.95. The Bertz CT molecular complexity index is 2980. The van der Waals surface area contributed by atoms with Crippen LogP contribution < -0.4 is 16.4 Å². The fourth-order valence-electron chi connectivity index (χ4n) is 16.9. The second-order valence-electron chi connectivity index (χ2n) is 36.7. The van der Waals surface area contributed by atoms with Crippen LogP contribution in [0, 0.1) is 0 Å². The van der Waals surface area contributed by atoms with Gasteiger partial charge in [0.25, 0.3) is 0 Å². The fraction of sp³-hybridized carbons (Fsp3) is 0.938. The third kappa shape index (κ3) is 64.1. The summed E-state index contributed by atoms with van der Waals surface area (Å²) in [5.74, 6) is -5.37. The number of phosphoric acid groups is 3. The molecule has 31 nitrogen and oxygen atoms in total. The summed E-state index contributed by atoms with van der Waals surface area (Å²) in [6, 6.07) is -4.05. The van der Waals surface area contributed by atoms with Gasteiger partial charge in [-0.15, -0.1) is 0 Å². The Kier molecular flexibility index (Phi) is 74.5. The van der Waals surface area contributed by atoms with Crippen LogP contribution in [0.5, 0.6) is 0 Å². The molecule has 2 aliphatic rings. The molecule has 0 aliphatic carbocycles. The normalized spacial score (nSPS) is 20.8. The number of hydrogen-bond acceptors (Lipinski definition) is 25. The van der Waals surface area contributed by atoms with Crippen molar-refractivity contribution in [1.82, 2.24) is 10.6 Å². The Morgan fingerprint density at radius 2 is 0.692 bits per heavy atom. The fourth-order valence-corrected chi connectivity index (χ4v) is 19.7. The molecule has 16 atom stereocenters. The predicted octanol–water partition coefficient (Wildman–Crippen LogP) is 20.7. The number of ether oxygens (including phenoxy) is 7. The molecule has 0 aromatic carbocycles. The van der Waals surface area contributed by atoms with Crippen LogP contribution in [0.2, 0.25) is 0 Å². The molecule has 2 heterocycles. The Morgan fingerprint density at radius 3 is 1.07 bits per heavy atom. The number of phosphoric ester groups is 3. The second-order valence-corrected chi connectivity index (χ2v) is 40.9. The van der Waals surface area contributed by atoms with Gasteiger partial charge in [-0.25, -0.2) is 13.7 Å². The minimum Gasteiger partial charge on any atom is -0.462 e. The third-order valence-electron chi connectivity index (χ3n) is 24.4. The average molecular weight is 1920 g/mol. The third-order valence-corrected chi connectivity index (χ3v) is 27.6. The number of hydrogen-bond donors (Lipinski definition) is 11. The lowest BCUT2D eigenvalue weighted by Gasteiger charge is -2.47. The van der Waals surface area contributed by atoms with Gasteiger partial charge in [-0.05, 0) is 51.4 Å². The Morgan fingerprint density at radius 1 is 0.369 bits per heavy atom. The molecule has 34 heteroatoms. The summed E-state index contributed by atoms with van der Waals surface area (Å²) >= 11 is 0. The van der Waals surface area contributed by atoms with Gasteiger partial charge in [0.2, 0.25) is 11.8 Å². The molecular weight excluding hydrogens is 1740 g/mol. The molecule has 0 aromatic rings. The van der Waals surface area contributed by atoms with Crippen LogP contribution in [0.3, 0.4) is 0 Å². The number of carbonyl (C=O) groups is 6. The van der Waals surface area contributed by atoms with E-state index in [1.165, 1.54) is 38.5 Å². The summed E-state index contributed by atoms with van der Waals surface area (Å²) < 4.78 is 105. The van der Waals surface area contributed by atoms with E-state index in [-0.39, 0.29) is 45.1 Å². The van der Waals surface area contributed by atoms with Crippen LogP contribution in [-0.4, -0.2) is 188 Å². The zero-order chi connectivity index (χ0) is 95.7. The van der Waals surface area contributed by atoms with E-state index in [9.17, 15) is 72.9 Å². The summed E-state index contributed by atoms with van der Waals surface area (Å²) in [6.45, 7) is 9.60. The number of carbonyl (C=O) groups excluding carboxylic acids is 6. The number of amides is 2. The number of rotatable bonds is 89. The lowest BCUT2D eigenvalue weighted by molar-refractivity contribution is -0.296. The van der Waals surface area contributed by atoms with Crippen LogP contribution in [0.1, 0.15) is 465 Å². The van der Waals surface area contributed by atoms with E-state index in [2.05, 4.69) is 52.2 Å². The maximum Gasteiger partial charge on any atom is 0.481 e. The van der Waals surface area contributed by atoms with Crippen LogP contribution in [-0.2, 0) is 93.5 Å². The molecule has 2 fully saturated rings. The molecule has 0 radical (unpaired) electrons. The van der Waals surface area contributed by atoms with E-state index >= 15 is 9.59 Å². The van der Waals surface area contributed by atoms with E-state index in [4.69, 9.17) is 56.8 Å². The van der Waals surface area contributed by atoms with Gasteiger partial charge >= 0.3 is 47.3 Å². The van der Waals surface area contributed by atoms with E-state index in [0.717, 1.165) is 276 Å². The molecule has 0 saturated carbocycles. The minimum absolute atomic E-state index is 0.0297. The molecule has 7 unspecified atom stereocenters. The zero-order valence-corrected chi connectivity index (χ0v) is 83.9. The first-order valence-electron chi connectivity index (χ1n) is 51.7. The van der Waals surface area contributed by atoms with Crippen molar-refractivity contribution in [3.8, 4) is 0 Å². The van der Waals surface area contributed by atoms with Crippen molar-refractivity contribution in [3.63, 3.8) is 0 Å². The molecular formula is C96H184N3O28P3. The highest BCUT2D eigenvalue weighted by molar-refractivity contribution is 7.61. The van der Waals surface area contributed by atoms with Crippen molar-refractivity contribution in [2.24, 2.45) is 5.73 Å². The Labute approximate surface area is 782 Å². The standard InChI is InChI=1S/C96H184N3O28P3/c1-7-13-19-25-31-37-38-44-50-56-62-68-86(106)120-80(66-60-54-48-42-35-29-23-17-11-5)74-88(108)124-94-90(99-84(104)73-79(65-59-53-47-41-34-28-22-16-10-4)119-85(105)67-61-55-49-43-36-30-24-18-12-6)95(121-81(75-100)92(94)125-130(115,116)127-129(113,114)118-70-69-97)117-76-82-91(109)93(123-87(107)72-78(102)64-58-52-46-40-33-27-21-15-9-3)89(96(122-82)126-128(110,111)112)98-83(103)71-77(101)63-57-51-45-39-32-26-20-14-8-2/h77-82,89-96,100-102,109H,7-76,97H2,1-6H3,(H,98,103)(H,99,104)(H,113,114)(H,115,116)(H2,110,111,112)/t77-,78-,79-,80-,81-,82?,89?,90?,91-,92-,93?,94?,95-,96-/m1/s1. The molecule has 2 amide bonds.